The number of benzene rings is 1. The van der Waals surface area contributed by atoms with Crippen LogP contribution in [0.15, 0.2) is 41.4 Å². The topological polar surface area (TPSA) is 56.9 Å². The number of guanidine groups is 1. The summed E-state index contributed by atoms with van der Waals surface area (Å²) in [5.41, 5.74) is 7.86. The number of nitrogens with two attached hydrogens (primary N) is 1. The second-order valence-corrected chi connectivity index (χ2v) is 5.89. The lowest BCUT2D eigenvalue weighted by atomic mass is 10.2. The monoisotopic (exact) mass is 447 g/mol. The molecule has 7 heteroatoms. The van der Waals surface area contributed by atoms with Gasteiger partial charge in [0, 0.05) is 45.0 Å². The molecule has 1 fully saturated rings. The number of aliphatic imine (C=N–C) groups is 1. The summed E-state index contributed by atoms with van der Waals surface area (Å²) in [4.78, 5) is 8.86. The lowest BCUT2D eigenvalue weighted by Crippen LogP contribution is -2.49. The lowest BCUT2D eigenvalue weighted by molar-refractivity contribution is 0.261. The molecule has 24 heavy (non-hydrogen) atoms. The molecule has 0 bridgehead atoms. The molecular weight excluding hydrogens is 420 g/mol. The van der Waals surface area contributed by atoms with Crippen LogP contribution in [0.4, 0.5) is 10.1 Å². The fraction of sp³-hybridized carbons (Fsp3) is 0.471. The van der Waals surface area contributed by atoms with Crippen molar-refractivity contribution in [2.45, 2.75) is 6.92 Å². The summed E-state index contributed by atoms with van der Waals surface area (Å²) in [6, 6.07) is 6.70. The first-order valence-corrected chi connectivity index (χ1v) is 7.95. The highest BCUT2D eigenvalue weighted by Crippen LogP contribution is 2.16. The molecule has 0 unspecified atom stereocenters. The molecule has 0 radical (unpaired) electrons. The number of hydrogen-bond acceptors (Lipinski definition) is 3. The highest BCUT2D eigenvalue weighted by molar-refractivity contribution is 14.0. The molecule has 134 valence electrons. The standard InChI is InChI=1S/C17H26FN5.HI/c1-14(2)13-21-17(19)20-7-8-22-9-11-23(12-10-22)16-5-3-15(18)4-6-16;/h3-6H,1,7-13H2,2H3,(H3,19,20,21);1H. The average molecular weight is 447 g/mol. The number of anilines is 1. The molecule has 0 spiro atoms. The summed E-state index contributed by atoms with van der Waals surface area (Å²) in [7, 11) is 0. The maximum atomic E-state index is 13.0. The number of piperazine rings is 1. The normalized spacial score (nSPS) is 15.8. The molecule has 1 aromatic rings. The first-order valence-electron chi connectivity index (χ1n) is 7.95. The van der Waals surface area contributed by atoms with E-state index < -0.39 is 0 Å². The van der Waals surface area contributed by atoms with Gasteiger partial charge in [0.15, 0.2) is 5.96 Å². The summed E-state index contributed by atoms with van der Waals surface area (Å²) in [5.74, 6) is 0.280. The van der Waals surface area contributed by atoms with E-state index in [2.05, 4.69) is 26.7 Å². The lowest BCUT2D eigenvalue weighted by Gasteiger charge is -2.36. The van der Waals surface area contributed by atoms with Crippen LogP contribution in [-0.4, -0.2) is 56.7 Å². The first-order chi connectivity index (χ1) is 11.0. The molecule has 1 heterocycles. The summed E-state index contributed by atoms with van der Waals surface area (Å²) in [6.07, 6.45) is 0. The van der Waals surface area contributed by atoms with Gasteiger partial charge in [-0.25, -0.2) is 9.38 Å². The summed E-state index contributed by atoms with van der Waals surface area (Å²) in [5, 5.41) is 3.12. The van der Waals surface area contributed by atoms with Crippen molar-refractivity contribution in [3.05, 3.63) is 42.2 Å². The van der Waals surface area contributed by atoms with Crippen LogP contribution in [0.3, 0.4) is 0 Å². The smallest absolute Gasteiger partial charge is 0.188 e. The van der Waals surface area contributed by atoms with Crippen LogP contribution in [-0.2, 0) is 0 Å². The van der Waals surface area contributed by atoms with Crippen molar-refractivity contribution in [1.82, 2.24) is 10.2 Å². The van der Waals surface area contributed by atoms with Crippen LogP contribution in [0, 0.1) is 5.82 Å². The van der Waals surface area contributed by atoms with Crippen LogP contribution < -0.4 is 16.0 Å². The highest BCUT2D eigenvalue weighted by atomic mass is 127. The minimum absolute atomic E-state index is 0. The van der Waals surface area contributed by atoms with E-state index in [0.29, 0.717) is 12.5 Å². The van der Waals surface area contributed by atoms with Gasteiger partial charge in [0.1, 0.15) is 5.82 Å². The number of rotatable bonds is 6. The first kappa shape index (κ1) is 20.7. The molecule has 5 nitrogen and oxygen atoms in total. The van der Waals surface area contributed by atoms with E-state index in [1.54, 1.807) is 0 Å². The molecule has 0 saturated carbocycles. The maximum absolute atomic E-state index is 13.0. The van der Waals surface area contributed by atoms with E-state index in [-0.39, 0.29) is 29.8 Å². The predicted octanol–water partition coefficient (Wildman–Crippen LogP) is 2.05. The summed E-state index contributed by atoms with van der Waals surface area (Å²) < 4.78 is 13.0. The van der Waals surface area contributed by atoms with Crippen molar-refractivity contribution >= 4 is 35.6 Å². The van der Waals surface area contributed by atoms with Crippen LogP contribution in [0.25, 0.3) is 0 Å². The molecule has 1 aliphatic rings. The quantitative estimate of drug-likeness (QED) is 0.304. The van der Waals surface area contributed by atoms with Crippen LogP contribution in [0.5, 0.6) is 0 Å². The number of nitrogens with zero attached hydrogens (tertiary/aromatic N) is 3. The van der Waals surface area contributed by atoms with Crippen molar-refractivity contribution < 1.29 is 4.39 Å². The Balaban J connectivity index is 0.00000288. The maximum Gasteiger partial charge on any atom is 0.188 e. The molecule has 2 rings (SSSR count). The van der Waals surface area contributed by atoms with Crippen LogP contribution >= 0.6 is 24.0 Å². The second kappa shape index (κ2) is 10.5. The zero-order valence-electron chi connectivity index (χ0n) is 14.2. The minimum Gasteiger partial charge on any atom is -0.370 e. The van der Waals surface area contributed by atoms with Crippen LogP contribution in [0.1, 0.15) is 6.92 Å². The van der Waals surface area contributed by atoms with Crippen molar-refractivity contribution in [1.29, 1.82) is 0 Å². The number of hydrogen-bond donors (Lipinski definition) is 2. The third-order valence-corrected chi connectivity index (χ3v) is 3.82. The van der Waals surface area contributed by atoms with Gasteiger partial charge >= 0.3 is 0 Å². The Kier molecular flexibility index (Phi) is 9.05. The van der Waals surface area contributed by atoms with E-state index in [1.807, 2.05) is 19.1 Å². The Labute approximate surface area is 160 Å². The van der Waals surface area contributed by atoms with E-state index in [0.717, 1.165) is 50.5 Å². The van der Waals surface area contributed by atoms with Gasteiger partial charge in [-0.3, -0.25) is 4.90 Å². The van der Waals surface area contributed by atoms with Crippen molar-refractivity contribution in [2.24, 2.45) is 10.7 Å². The van der Waals surface area contributed by atoms with E-state index in [9.17, 15) is 4.39 Å². The molecule has 0 aliphatic carbocycles. The van der Waals surface area contributed by atoms with Crippen molar-refractivity contribution in [3.8, 4) is 0 Å². The van der Waals surface area contributed by atoms with Gasteiger partial charge < -0.3 is 16.0 Å². The molecule has 1 saturated heterocycles. The molecule has 0 amide bonds. The molecule has 0 aromatic heterocycles. The predicted molar refractivity (Wildman–Crippen MR) is 110 cm³/mol. The summed E-state index contributed by atoms with van der Waals surface area (Å²) in [6.45, 7) is 11.9. The Morgan fingerprint density at radius 1 is 1.25 bits per heavy atom. The van der Waals surface area contributed by atoms with Crippen LogP contribution in [0.2, 0.25) is 0 Å². The fourth-order valence-electron chi connectivity index (χ4n) is 2.50. The number of nitrogens with one attached hydrogen (secondary N) is 1. The van der Waals surface area contributed by atoms with Gasteiger partial charge in [0.25, 0.3) is 0 Å². The Bertz CT molecular complexity index is 538. The minimum atomic E-state index is -0.190. The van der Waals surface area contributed by atoms with E-state index in [1.165, 1.54) is 12.1 Å². The third kappa shape index (κ3) is 7.04. The molecule has 1 aliphatic heterocycles. The Morgan fingerprint density at radius 2 is 1.88 bits per heavy atom. The third-order valence-electron chi connectivity index (χ3n) is 3.82. The zero-order chi connectivity index (χ0) is 16.7. The average Bonchev–Trinajstić information content (AvgIpc) is 2.54. The van der Waals surface area contributed by atoms with Gasteiger partial charge in [-0.2, -0.15) is 0 Å². The SMILES string of the molecule is C=C(C)CN=C(N)NCCN1CCN(c2ccc(F)cc2)CC1.I. The molecule has 3 N–H and O–H groups in total. The Hall–Kier alpha value is -1.35. The van der Waals surface area contributed by atoms with E-state index >= 15 is 0 Å². The van der Waals surface area contributed by atoms with Gasteiger partial charge in [0.05, 0.1) is 6.54 Å². The number of halogens is 2. The van der Waals surface area contributed by atoms with E-state index in [4.69, 9.17) is 5.73 Å². The second-order valence-electron chi connectivity index (χ2n) is 5.89. The Morgan fingerprint density at radius 3 is 2.46 bits per heavy atom. The van der Waals surface area contributed by atoms with Gasteiger partial charge in [-0.1, -0.05) is 12.2 Å². The molecular formula is C17H27FIN5. The zero-order valence-corrected chi connectivity index (χ0v) is 16.5. The largest absolute Gasteiger partial charge is 0.370 e. The fourth-order valence-corrected chi connectivity index (χ4v) is 2.50. The van der Waals surface area contributed by atoms with Gasteiger partial charge in [-0.05, 0) is 31.2 Å². The summed E-state index contributed by atoms with van der Waals surface area (Å²) >= 11 is 0. The molecule has 1 aromatic carbocycles. The van der Waals surface area contributed by atoms with Crippen molar-refractivity contribution in [2.75, 3.05) is 50.7 Å². The van der Waals surface area contributed by atoms with Crippen molar-refractivity contribution in [3.63, 3.8) is 0 Å². The van der Waals surface area contributed by atoms with Gasteiger partial charge in [-0.15, -0.1) is 24.0 Å². The highest BCUT2D eigenvalue weighted by Gasteiger charge is 2.16. The molecule has 0 atom stereocenters. The van der Waals surface area contributed by atoms with Gasteiger partial charge in [0.2, 0.25) is 0 Å².